The van der Waals surface area contributed by atoms with Crippen LogP contribution in [0.5, 0.6) is 5.75 Å². The second-order valence-electron chi connectivity index (χ2n) is 3.05. The Morgan fingerprint density at radius 3 is 3.00 bits per heavy atom. The minimum absolute atomic E-state index is 0.305. The normalized spacial score (nSPS) is 20.8. The highest BCUT2D eigenvalue weighted by Gasteiger charge is 2.18. The van der Waals surface area contributed by atoms with Gasteiger partial charge in [-0.25, -0.2) is 0 Å². The summed E-state index contributed by atoms with van der Waals surface area (Å²) in [4.78, 5) is 0. The van der Waals surface area contributed by atoms with Crippen molar-refractivity contribution in [2.24, 2.45) is 0 Å². The summed E-state index contributed by atoms with van der Waals surface area (Å²) >= 11 is 3.39. The van der Waals surface area contributed by atoms with Gasteiger partial charge in [0.15, 0.2) is 0 Å². The lowest BCUT2D eigenvalue weighted by Crippen LogP contribution is -2.32. The third kappa shape index (κ3) is 2.45. The molecule has 0 aliphatic carbocycles. The van der Waals surface area contributed by atoms with Gasteiger partial charge in [0.05, 0.1) is 6.10 Å². The topological polar surface area (TPSA) is 18.5 Å². The molecule has 3 heteroatoms. The molecule has 1 aromatic carbocycles. The van der Waals surface area contributed by atoms with Crippen molar-refractivity contribution in [3.05, 3.63) is 28.7 Å². The van der Waals surface area contributed by atoms with Crippen molar-refractivity contribution in [2.75, 3.05) is 13.2 Å². The van der Waals surface area contributed by atoms with Crippen LogP contribution in [0.2, 0.25) is 0 Å². The highest BCUT2D eigenvalue weighted by molar-refractivity contribution is 9.10. The number of hydrogen-bond acceptors (Lipinski definition) is 2. The van der Waals surface area contributed by atoms with E-state index in [2.05, 4.69) is 15.9 Å². The van der Waals surface area contributed by atoms with Gasteiger partial charge in [-0.15, -0.1) is 0 Å². The van der Waals surface area contributed by atoms with E-state index in [1.165, 1.54) is 0 Å². The van der Waals surface area contributed by atoms with E-state index in [-0.39, 0.29) is 0 Å². The molecule has 1 aliphatic rings. The van der Waals surface area contributed by atoms with E-state index in [9.17, 15) is 0 Å². The highest BCUT2D eigenvalue weighted by Crippen LogP contribution is 2.19. The molecule has 1 fully saturated rings. The molecule has 13 heavy (non-hydrogen) atoms. The summed E-state index contributed by atoms with van der Waals surface area (Å²) in [7, 11) is 0. The van der Waals surface area contributed by atoms with Gasteiger partial charge in [0.1, 0.15) is 12.4 Å². The molecule has 1 aliphatic heterocycles. The first-order valence-corrected chi connectivity index (χ1v) is 5.14. The quantitative estimate of drug-likeness (QED) is 0.812. The monoisotopic (exact) mass is 242 g/mol. The average Bonchev–Trinajstić information content (AvgIpc) is 2.01. The van der Waals surface area contributed by atoms with Crippen LogP contribution in [0.1, 0.15) is 6.42 Å². The Bertz CT molecular complexity index is 284. The molecule has 1 atom stereocenters. The Balaban J connectivity index is 1.86. The lowest BCUT2D eigenvalue weighted by molar-refractivity contribution is -0.0720. The Hall–Kier alpha value is -0.540. The fraction of sp³-hybridized carbons (Fsp3) is 0.400. The minimum atomic E-state index is 0.305. The van der Waals surface area contributed by atoms with Crippen LogP contribution in [0.3, 0.4) is 0 Å². The van der Waals surface area contributed by atoms with Crippen molar-refractivity contribution in [1.29, 1.82) is 0 Å². The van der Waals surface area contributed by atoms with E-state index >= 15 is 0 Å². The molecule has 0 bridgehead atoms. The molecule has 0 amide bonds. The number of rotatable bonds is 3. The Labute approximate surface area is 86.0 Å². The van der Waals surface area contributed by atoms with Crippen molar-refractivity contribution in [1.82, 2.24) is 0 Å². The number of ether oxygens (including phenoxy) is 2. The molecular formula is C10H11BrO2. The Morgan fingerprint density at radius 2 is 2.38 bits per heavy atom. The van der Waals surface area contributed by atoms with Crippen LogP contribution in [0.25, 0.3) is 0 Å². The van der Waals surface area contributed by atoms with Gasteiger partial charge in [0.2, 0.25) is 0 Å². The second kappa shape index (κ2) is 4.11. The zero-order chi connectivity index (χ0) is 9.10. The van der Waals surface area contributed by atoms with Crippen LogP contribution in [-0.4, -0.2) is 19.3 Å². The van der Waals surface area contributed by atoms with E-state index < -0.39 is 0 Å². The van der Waals surface area contributed by atoms with Gasteiger partial charge in [-0.2, -0.15) is 0 Å². The van der Waals surface area contributed by atoms with Gasteiger partial charge in [-0.1, -0.05) is 22.0 Å². The van der Waals surface area contributed by atoms with Crippen LogP contribution in [0.4, 0.5) is 0 Å². The van der Waals surface area contributed by atoms with E-state index in [0.29, 0.717) is 12.7 Å². The fourth-order valence-corrected chi connectivity index (χ4v) is 1.54. The molecule has 0 spiro atoms. The van der Waals surface area contributed by atoms with Gasteiger partial charge >= 0.3 is 0 Å². The molecule has 0 aromatic heterocycles. The number of benzene rings is 1. The van der Waals surface area contributed by atoms with Gasteiger partial charge < -0.3 is 9.47 Å². The standard InChI is InChI=1S/C10H11BrO2/c11-8-2-1-3-9(6-8)13-7-10-4-5-12-10/h1-3,6,10H,4-5,7H2/t10-/m0/s1. The summed E-state index contributed by atoms with van der Waals surface area (Å²) in [5.74, 6) is 0.893. The van der Waals surface area contributed by atoms with Crippen LogP contribution >= 0.6 is 15.9 Å². The van der Waals surface area contributed by atoms with Crippen LogP contribution in [0.15, 0.2) is 28.7 Å². The van der Waals surface area contributed by atoms with Gasteiger partial charge in [0.25, 0.3) is 0 Å². The van der Waals surface area contributed by atoms with Crippen molar-refractivity contribution in [2.45, 2.75) is 12.5 Å². The lowest BCUT2D eigenvalue weighted by Gasteiger charge is -2.26. The molecule has 1 heterocycles. The van der Waals surface area contributed by atoms with Crippen LogP contribution < -0.4 is 4.74 Å². The molecule has 1 aromatic rings. The zero-order valence-electron chi connectivity index (χ0n) is 7.20. The predicted octanol–water partition coefficient (Wildman–Crippen LogP) is 2.62. The first-order valence-electron chi connectivity index (χ1n) is 4.34. The summed E-state index contributed by atoms with van der Waals surface area (Å²) in [6.45, 7) is 1.54. The molecule has 2 nitrogen and oxygen atoms in total. The Morgan fingerprint density at radius 1 is 1.54 bits per heavy atom. The molecule has 1 saturated heterocycles. The van der Waals surface area contributed by atoms with Crippen molar-refractivity contribution >= 4 is 15.9 Å². The SMILES string of the molecule is Brc1cccc(OC[C@@H]2CCO2)c1. The molecule has 0 saturated carbocycles. The fourth-order valence-electron chi connectivity index (χ4n) is 1.16. The first-order chi connectivity index (χ1) is 6.34. The first kappa shape index (κ1) is 9.03. The van der Waals surface area contributed by atoms with Gasteiger partial charge in [-0.3, -0.25) is 0 Å². The third-order valence-electron chi connectivity index (χ3n) is 2.03. The molecule has 0 radical (unpaired) electrons. The lowest BCUT2D eigenvalue weighted by atomic mass is 10.2. The summed E-state index contributed by atoms with van der Waals surface area (Å²) in [5, 5.41) is 0. The largest absolute Gasteiger partial charge is 0.491 e. The predicted molar refractivity (Wildman–Crippen MR) is 54.0 cm³/mol. The smallest absolute Gasteiger partial charge is 0.120 e. The molecule has 0 N–H and O–H groups in total. The van der Waals surface area contributed by atoms with Gasteiger partial charge in [-0.05, 0) is 18.2 Å². The Kier molecular flexibility index (Phi) is 2.86. The van der Waals surface area contributed by atoms with Crippen LogP contribution in [-0.2, 0) is 4.74 Å². The van der Waals surface area contributed by atoms with Crippen molar-refractivity contribution in [3.8, 4) is 5.75 Å². The summed E-state index contributed by atoms with van der Waals surface area (Å²) in [6, 6.07) is 7.84. The summed E-state index contributed by atoms with van der Waals surface area (Å²) in [6.07, 6.45) is 1.42. The second-order valence-corrected chi connectivity index (χ2v) is 3.97. The average molecular weight is 243 g/mol. The number of halogens is 1. The van der Waals surface area contributed by atoms with Gasteiger partial charge in [0, 0.05) is 17.5 Å². The summed E-state index contributed by atoms with van der Waals surface area (Å²) < 4.78 is 11.8. The van der Waals surface area contributed by atoms with E-state index in [0.717, 1.165) is 23.2 Å². The zero-order valence-corrected chi connectivity index (χ0v) is 8.79. The molecule has 70 valence electrons. The maximum atomic E-state index is 5.54. The molecule has 2 rings (SSSR count). The maximum Gasteiger partial charge on any atom is 0.120 e. The van der Waals surface area contributed by atoms with E-state index in [1.807, 2.05) is 24.3 Å². The van der Waals surface area contributed by atoms with Crippen molar-refractivity contribution in [3.63, 3.8) is 0 Å². The number of hydrogen-bond donors (Lipinski definition) is 0. The third-order valence-corrected chi connectivity index (χ3v) is 2.52. The maximum absolute atomic E-state index is 5.54. The molecule has 0 unspecified atom stereocenters. The minimum Gasteiger partial charge on any atom is -0.491 e. The van der Waals surface area contributed by atoms with E-state index in [4.69, 9.17) is 9.47 Å². The summed E-state index contributed by atoms with van der Waals surface area (Å²) in [5.41, 5.74) is 0. The van der Waals surface area contributed by atoms with Crippen molar-refractivity contribution < 1.29 is 9.47 Å². The van der Waals surface area contributed by atoms with Crippen LogP contribution in [0, 0.1) is 0 Å². The molecular weight excluding hydrogens is 232 g/mol. The van der Waals surface area contributed by atoms with E-state index in [1.54, 1.807) is 0 Å². The highest BCUT2D eigenvalue weighted by atomic mass is 79.9.